The molecule has 0 saturated heterocycles. The van der Waals surface area contributed by atoms with E-state index in [9.17, 15) is 14.7 Å². The minimum atomic E-state index is -0.587. The van der Waals surface area contributed by atoms with Crippen molar-refractivity contribution in [2.75, 3.05) is 0 Å². The van der Waals surface area contributed by atoms with E-state index in [4.69, 9.17) is 4.42 Å². The first-order valence-electron chi connectivity index (χ1n) is 15.4. The number of carboxylic acids is 1. The number of rotatable bonds is 3. The Hall–Kier alpha value is -2.10. The van der Waals surface area contributed by atoms with Crippen LogP contribution in [0.1, 0.15) is 105 Å². The van der Waals surface area contributed by atoms with Gasteiger partial charge < -0.3 is 9.52 Å². The van der Waals surface area contributed by atoms with Gasteiger partial charge in [0.1, 0.15) is 5.76 Å². The van der Waals surface area contributed by atoms with Crippen molar-refractivity contribution >= 4 is 17.8 Å². The molecule has 5 saturated carbocycles. The normalized spacial score (nSPS) is 47.6. The number of hydrogen-bond acceptors (Lipinski definition) is 3. The van der Waals surface area contributed by atoms with Gasteiger partial charge in [-0.1, -0.05) is 46.8 Å². The van der Waals surface area contributed by atoms with Crippen molar-refractivity contribution in [2.24, 2.45) is 56.7 Å². The molecular formula is C35H48O4. The molecule has 3 unspecified atom stereocenters. The lowest BCUT2D eigenvalue weighted by Gasteiger charge is -2.72. The molecule has 212 valence electrons. The van der Waals surface area contributed by atoms with Crippen LogP contribution in [0.3, 0.4) is 0 Å². The smallest absolute Gasteiger partial charge is 0.309 e. The zero-order chi connectivity index (χ0) is 28.2. The number of Topliss-reactive ketones (excluding diaryl/α,β-unsaturated/α-hetero) is 1. The molecule has 4 nitrogen and oxygen atoms in total. The van der Waals surface area contributed by atoms with Crippen molar-refractivity contribution in [3.05, 3.63) is 41.9 Å². The summed E-state index contributed by atoms with van der Waals surface area (Å²) in [5, 5.41) is 10.6. The number of aliphatic carboxylic acids is 1. The van der Waals surface area contributed by atoms with Crippen LogP contribution in [0, 0.1) is 56.7 Å². The Morgan fingerprint density at radius 2 is 1.74 bits per heavy atom. The predicted molar refractivity (Wildman–Crippen MR) is 154 cm³/mol. The fraction of sp³-hybridized carbons (Fsp3) is 0.714. The van der Waals surface area contributed by atoms with Crippen molar-refractivity contribution in [2.45, 2.75) is 99.3 Å². The van der Waals surface area contributed by atoms with E-state index in [2.05, 4.69) is 48.1 Å². The van der Waals surface area contributed by atoms with Crippen LogP contribution < -0.4 is 0 Å². The summed E-state index contributed by atoms with van der Waals surface area (Å²) in [5.41, 5.74) is 1.30. The first kappa shape index (κ1) is 27.1. The van der Waals surface area contributed by atoms with E-state index in [1.807, 2.05) is 18.2 Å². The number of allylic oxidation sites excluding steroid dienone is 2. The zero-order valence-corrected chi connectivity index (χ0v) is 24.9. The van der Waals surface area contributed by atoms with Crippen molar-refractivity contribution in [1.29, 1.82) is 0 Å². The van der Waals surface area contributed by atoms with Crippen LogP contribution in [0.5, 0.6) is 0 Å². The van der Waals surface area contributed by atoms with Gasteiger partial charge in [-0.3, -0.25) is 9.59 Å². The maximum absolute atomic E-state index is 13.9. The second kappa shape index (κ2) is 8.46. The van der Waals surface area contributed by atoms with E-state index in [-0.39, 0.29) is 27.9 Å². The van der Waals surface area contributed by atoms with E-state index in [1.54, 1.807) is 6.26 Å². The van der Waals surface area contributed by atoms with Gasteiger partial charge in [-0.2, -0.15) is 0 Å². The van der Waals surface area contributed by atoms with Crippen molar-refractivity contribution in [3.8, 4) is 0 Å². The number of hydrogen-bond donors (Lipinski definition) is 1. The summed E-state index contributed by atoms with van der Waals surface area (Å²) in [6, 6.07) is 3.83. The third-order valence-corrected chi connectivity index (χ3v) is 13.9. The molecule has 1 heterocycles. The molecule has 39 heavy (non-hydrogen) atoms. The van der Waals surface area contributed by atoms with Gasteiger partial charge in [0.25, 0.3) is 0 Å². The molecule has 0 radical (unpaired) electrons. The molecule has 1 N–H and O–H groups in total. The number of fused-ring (bicyclic) bond motifs is 7. The van der Waals surface area contributed by atoms with Crippen LogP contribution >= 0.6 is 0 Å². The van der Waals surface area contributed by atoms with Gasteiger partial charge in [0.05, 0.1) is 11.7 Å². The minimum Gasteiger partial charge on any atom is -0.481 e. The zero-order valence-electron chi connectivity index (χ0n) is 24.9. The molecule has 6 rings (SSSR count). The lowest BCUT2D eigenvalue weighted by atomic mass is 9.32. The Kier molecular flexibility index (Phi) is 5.88. The van der Waals surface area contributed by atoms with Crippen molar-refractivity contribution < 1.29 is 19.1 Å². The first-order valence-corrected chi connectivity index (χ1v) is 15.4. The first-order chi connectivity index (χ1) is 18.2. The van der Waals surface area contributed by atoms with Gasteiger partial charge in [-0.25, -0.2) is 0 Å². The number of ketones is 1. The second-order valence-electron chi connectivity index (χ2n) is 15.6. The molecule has 5 aliphatic carbocycles. The molecule has 1 aromatic heterocycles. The largest absolute Gasteiger partial charge is 0.481 e. The molecule has 0 spiro atoms. The van der Waals surface area contributed by atoms with E-state index in [0.29, 0.717) is 23.7 Å². The molecule has 5 aliphatic rings. The average Bonchev–Trinajstić information content (AvgIpc) is 3.51. The Bertz CT molecular complexity index is 1240. The number of carbonyl (C=O) groups is 2. The van der Waals surface area contributed by atoms with Crippen LogP contribution in [0.4, 0.5) is 0 Å². The van der Waals surface area contributed by atoms with Crippen molar-refractivity contribution in [1.82, 2.24) is 0 Å². The summed E-state index contributed by atoms with van der Waals surface area (Å²) >= 11 is 0. The Labute approximate surface area is 234 Å². The highest BCUT2D eigenvalue weighted by atomic mass is 16.4. The van der Waals surface area contributed by atoms with E-state index in [1.165, 1.54) is 5.57 Å². The fourth-order valence-electron chi connectivity index (χ4n) is 12.0. The Morgan fingerprint density at radius 3 is 2.38 bits per heavy atom. The summed E-state index contributed by atoms with van der Waals surface area (Å²) < 4.78 is 5.65. The van der Waals surface area contributed by atoms with E-state index in [0.717, 1.165) is 69.1 Å². The maximum atomic E-state index is 13.9. The van der Waals surface area contributed by atoms with Gasteiger partial charge in [0, 0.05) is 5.41 Å². The highest BCUT2D eigenvalue weighted by Gasteiger charge is 2.72. The molecule has 1 aromatic rings. The third kappa shape index (κ3) is 3.35. The van der Waals surface area contributed by atoms with Gasteiger partial charge >= 0.3 is 5.97 Å². The topological polar surface area (TPSA) is 67.5 Å². The van der Waals surface area contributed by atoms with Crippen LogP contribution in [0.2, 0.25) is 0 Å². The fourth-order valence-corrected chi connectivity index (χ4v) is 12.0. The van der Waals surface area contributed by atoms with Crippen molar-refractivity contribution in [3.63, 3.8) is 0 Å². The molecule has 4 heteroatoms. The summed E-state index contributed by atoms with van der Waals surface area (Å²) in [4.78, 5) is 26.8. The van der Waals surface area contributed by atoms with E-state index >= 15 is 0 Å². The van der Waals surface area contributed by atoms with Crippen LogP contribution in [-0.4, -0.2) is 16.9 Å². The SMILES string of the molecule is C=C(C)C1CC[C@]2(C(=O)O)CC[C@]3(C)[C@H](CC[C@@H]4[C@@]5(C)C/C(=C/c6ccco6)C(=O)C(C)(C)C5CC[C@]43C)C12. The number of carbonyl (C=O) groups excluding carboxylic acids is 1. The molecular weight excluding hydrogens is 484 g/mol. The highest BCUT2D eigenvalue weighted by molar-refractivity contribution is 6.04. The summed E-state index contributed by atoms with van der Waals surface area (Å²) in [7, 11) is 0. The quantitative estimate of drug-likeness (QED) is 0.313. The van der Waals surface area contributed by atoms with Crippen LogP contribution in [-0.2, 0) is 9.59 Å². The van der Waals surface area contributed by atoms with Gasteiger partial charge in [0.2, 0.25) is 0 Å². The highest BCUT2D eigenvalue weighted by Crippen LogP contribution is 2.77. The predicted octanol–water partition coefficient (Wildman–Crippen LogP) is 8.58. The molecule has 0 amide bonds. The molecule has 0 aromatic carbocycles. The standard InChI is InChI=1S/C35H48O4/c1-21(2)24-12-15-35(30(37)38)17-16-33(6)25(28(24)35)10-11-27-32(5)20-22(19-23-9-8-18-39-23)29(36)31(3,4)26(32)13-14-34(27,33)7/h8-9,18-19,24-28H,1,10-17,20H2,2-7H3,(H,37,38)/b22-19-/t24?,25-,26?,27-,28?,32+,33-,34-,35+/m1/s1. The summed E-state index contributed by atoms with van der Waals surface area (Å²) in [5.74, 6) is 2.23. The Balaban J connectivity index is 1.42. The number of furan rings is 1. The molecule has 9 atom stereocenters. The minimum absolute atomic E-state index is 0.0155. The molecule has 5 fully saturated rings. The monoisotopic (exact) mass is 532 g/mol. The summed E-state index contributed by atoms with van der Waals surface area (Å²) in [6.07, 6.45) is 12.4. The lowest BCUT2D eigenvalue weighted by Crippen LogP contribution is -2.67. The molecule has 0 bridgehead atoms. The Morgan fingerprint density at radius 1 is 1.00 bits per heavy atom. The van der Waals surface area contributed by atoms with Crippen LogP contribution in [0.25, 0.3) is 6.08 Å². The second-order valence-corrected chi connectivity index (χ2v) is 15.6. The van der Waals surface area contributed by atoms with Gasteiger partial charge in [0.15, 0.2) is 5.78 Å². The molecule has 0 aliphatic heterocycles. The third-order valence-electron chi connectivity index (χ3n) is 13.9. The summed E-state index contributed by atoms with van der Waals surface area (Å²) in [6.45, 7) is 18.4. The average molecular weight is 533 g/mol. The van der Waals surface area contributed by atoms with E-state index < -0.39 is 16.8 Å². The van der Waals surface area contributed by atoms with Gasteiger partial charge in [-0.15, -0.1) is 0 Å². The van der Waals surface area contributed by atoms with Crippen LogP contribution in [0.15, 0.2) is 40.5 Å². The number of carboxylic acid groups (broad SMARTS) is 1. The van der Waals surface area contributed by atoms with Gasteiger partial charge in [-0.05, 0) is 134 Å². The maximum Gasteiger partial charge on any atom is 0.309 e. The lowest BCUT2D eigenvalue weighted by molar-refractivity contribution is -0.231.